The predicted molar refractivity (Wildman–Crippen MR) is 93.2 cm³/mol. The minimum Gasteiger partial charge on any atom is -0.376 e. The maximum Gasteiger partial charge on any atom is 0.270 e. The van der Waals surface area contributed by atoms with Crippen LogP contribution in [0.15, 0.2) is 23.6 Å². The maximum absolute atomic E-state index is 12.1. The van der Waals surface area contributed by atoms with Crippen molar-refractivity contribution in [3.05, 3.63) is 39.3 Å². The van der Waals surface area contributed by atoms with E-state index < -0.39 is 0 Å². The molecule has 0 aliphatic carbocycles. The Morgan fingerprint density at radius 1 is 1.39 bits per heavy atom. The SMILES string of the molecule is O=C(NC[C@H]1CCCO1)c1csc(Nc2ccc(Cl)c(Cl)c2)n1. The van der Waals surface area contributed by atoms with Crippen LogP contribution in [0.4, 0.5) is 10.8 Å². The second-order valence-corrected chi connectivity index (χ2v) is 6.81. The van der Waals surface area contributed by atoms with Crippen molar-refractivity contribution >= 4 is 51.3 Å². The van der Waals surface area contributed by atoms with E-state index in [1.807, 2.05) is 0 Å². The number of amides is 1. The number of carbonyl (C=O) groups is 1. The highest BCUT2D eigenvalue weighted by molar-refractivity contribution is 7.14. The summed E-state index contributed by atoms with van der Waals surface area (Å²) in [6.07, 6.45) is 2.16. The van der Waals surface area contributed by atoms with Crippen LogP contribution in [-0.4, -0.2) is 30.1 Å². The molecule has 5 nitrogen and oxygen atoms in total. The average molecular weight is 372 g/mol. The van der Waals surface area contributed by atoms with E-state index in [4.69, 9.17) is 27.9 Å². The number of hydrogen-bond acceptors (Lipinski definition) is 5. The number of nitrogens with zero attached hydrogens (tertiary/aromatic N) is 1. The fourth-order valence-electron chi connectivity index (χ4n) is 2.24. The van der Waals surface area contributed by atoms with Crippen molar-refractivity contribution in [2.24, 2.45) is 0 Å². The molecule has 0 bridgehead atoms. The number of carbonyl (C=O) groups excluding carboxylic acids is 1. The van der Waals surface area contributed by atoms with E-state index in [-0.39, 0.29) is 12.0 Å². The fourth-order valence-corrected chi connectivity index (χ4v) is 3.24. The minimum absolute atomic E-state index is 0.117. The molecule has 2 heterocycles. The molecule has 1 fully saturated rings. The van der Waals surface area contributed by atoms with E-state index in [0.717, 1.165) is 25.1 Å². The van der Waals surface area contributed by atoms with Gasteiger partial charge in [-0.25, -0.2) is 4.98 Å². The Labute approximate surface area is 148 Å². The van der Waals surface area contributed by atoms with Crippen molar-refractivity contribution in [1.82, 2.24) is 10.3 Å². The zero-order chi connectivity index (χ0) is 16.2. The first-order valence-corrected chi connectivity index (χ1v) is 8.83. The predicted octanol–water partition coefficient (Wildman–Crippen LogP) is 4.10. The van der Waals surface area contributed by atoms with Crippen molar-refractivity contribution in [3.63, 3.8) is 0 Å². The summed E-state index contributed by atoms with van der Waals surface area (Å²) in [6, 6.07) is 5.21. The molecular formula is C15H15Cl2N3O2S. The first kappa shape index (κ1) is 16.5. The Morgan fingerprint density at radius 3 is 3.00 bits per heavy atom. The highest BCUT2D eigenvalue weighted by Crippen LogP contribution is 2.28. The zero-order valence-corrected chi connectivity index (χ0v) is 14.5. The van der Waals surface area contributed by atoms with Crippen LogP contribution in [0.25, 0.3) is 0 Å². The van der Waals surface area contributed by atoms with Gasteiger partial charge in [-0.2, -0.15) is 0 Å². The summed E-state index contributed by atoms with van der Waals surface area (Å²) >= 11 is 13.2. The van der Waals surface area contributed by atoms with Crippen molar-refractivity contribution in [2.45, 2.75) is 18.9 Å². The van der Waals surface area contributed by atoms with Gasteiger partial charge in [0.25, 0.3) is 5.91 Å². The normalized spacial score (nSPS) is 17.2. The summed E-state index contributed by atoms with van der Waals surface area (Å²) in [5.41, 5.74) is 1.15. The molecule has 1 aliphatic rings. The molecule has 2 aromatic rings. The Hall–Kier alpha value is -1.34. The topological polar surface area (TPSA) is 63.2 Å². The zero-order valence-electron chi connectivity index (χ0n) is 12.1. The van der Waals surface area contributed by atoms with E-state index in [2.05, 4.69) is 15.6 Å². The summed E-state index contributed by atoms with van der Waals surface area (Å²) in [4.78, 5) is 16.4. The maximum atomic E-state index is 12.1. The standard InChI is InChI=1S/C15H15Cl2N3O2S/c16-11-4-3-9(6-12(11)17)19-15-20-13(8-23-15)14(21)18-7-10-2-1-5-22-10/h3-4,6,8,10H,1-2,5,7H2,(H,18,21)(H,19,20)/t10-/m1/s1. The van der Waals surface area contributed by atoms with Gasteiger partial charge >= 0.3 is 0 Å². The van der Waals surface area contributed by atoms with Gasteiger partial charge in [0.2, 0.25) is 0 Å². The molecule has 0 unspecified atom stereocenters. The number of aromatic nitrogens is 1. The summed E-state index contributed by atoms with van der Waals surface area (Å²) in [6.45, 7) is 1.29. The molecule has 2 N–H and O–H groups in total. The quantitative estimate of drug-likeness (QED) is 0.830. The van der Waals surface area contributed by atoms with Gasteiger partial charge in [-0.1, -0.05) is 23.2 Å². The lowest BCUT2D eigenvalue weighted by Crippen LogP contribution is -2.31. The number of rotatable bonds is 5. The Kier molecular flexibility index (Phi) is 5.38. The molecule has 1 saturated heterocycles. The molecule has 0 saturated carbocycles. The van der Waals surface area contributed by atoms with Crippen LogP contribution in [0, 0.1) is 0 Å². The number of benzene rings is 1. The van der Waals surface area contributed by atoms with Crippen LogP contribution in [-0.2, 0) is 4.74 Å². The number of thiazole rings is 1. The monoisotopic (exact) mass is 371 g/mol. The number of anilines is 2. The third kappa shape index (κ3) is 4.35. The van der Waals surface area contributed by atoms with E-state index in [0.29, 0.717) is 27.4 Å². The second kappa shape index (κ2) is 7.49. The van der Waals surface area contributed by atoms with Crippen LogP contribution in [0.1, 0.15) is 23.3 Å². The molecule has 1 aromatic heterocycles. The Bertz CT molecular complexity index is 702. The number of nitrogens with one attached hydrogen (secondary N) is 2. The first-order chi connectivity index (χ1) is 11.1. The smallest absolute Gasteiger partial charge is 0.270 e. The molecule has 1 amide bonds. The molecule has 1 aromatic carbocycles. The van der Waals surface area contributed by atoms with Gasteiger partial charge in [0.15, 0.2) is 5.13 Å². The fraction of sp³-hybridized carbons (Fsp3) is 0.333. The summed E-state index contributed by atoms with van der Waals surface area (Å²) in [5, 5.41) is 9.23. The molecule has 0 spiro atoms. The molecule has 3 rings (SSSR count). The van der Waals surface area contributed by atoms with Crippen molar-refractivity contribution in [3.8, 4) is 0 Å². The van der Waals surface area contributed by atoms with Crippen LogP contribution in [0.5, 0.6) is 0 Å². The molecule has 0 radical (unpaired) electrons. The summed E-state index contributed by atoms with van der Waals surface area (Å²) < 4.78 is 5.48. The molecule has 23 heavy (non-hydrogen) atoms. The van der Waals surface area contributed by atoms with Gasteiger partial charge in [0.05, 0.1) is 16.1 Å². The van der Waals surface area contributed by atoms with E-state index in [1.165, 1.54) is 11.3 Å². The Balaban J connectivity index is 1.58. The lowest BCUT2D eigenvalue weighted by Gasteiger charge is -2.09. The molecular weight excluding hydrogens is 357 g/mol. The Morgan fingerprint density at radius 2 is 2.26 bits per heavy atom. The second-order valence-electron chi connectivity index (χ2n) is 5.14. The third-order valence-electron chi connectivity index (χ3n) is 3.42. The third-order valence-corrected chi connectivity index (χ3v) is 4.92. The van der Waals surface area contributed by atoms with E-state index in [9.17, 15) is 4.79 Å². The van der Waals surface area contributed by atoms with Crippen LogP contribution in [0.2, 0.25) is 10.0 Å². The van der Waals surface area contributed by atoms with Gasteiger partial charge < -0.3 is 15.4 Å². The van der Waals surface area contributed by atoms with Gasteiger partial charge in [-0.15, -0.1) is 11.3 Å². The lowest BCUT2D eigenvalue weighted by atomic mass is 10.2. The van der Waals surface area contributed by atoms with Gasteiger partial charge in [-0.05, 0) is 31.0 Å². The van der Waals surface area contributed by atoms with Crippen LogP contribution >= 0.6 is 34.5 Å². The highest BCUT2D eigenvalue weighted by atomic mass is 35.5. The van der Waals surface area contributed by atoms with Crippen molar-refractivity contribution in [2.75, 3.05) is 18.5 Å². The average Bonchev–Trinajstić information content (AvgIpc) is 3.20. The molecule has 122 valence electrons. The van der Waals surface area contributed by atoms with E-state index >= 15 is 0 Å². The van der Waals surface area contributed by atoms with E-state index in [1.54, 1.807) is 23.6 Å². The van der Waals surface area contributed by atoms with Crippen LogP contribution < -0.4 is 10.6 Å². The molecule has 1 atom stereocenters. The number of hydrogen-bond donors (Lipinski definition) is 2. The summed E-state index contributed by atoms with van der Waals surface area (Å²) in [7, 11) is 0. The number of ether oxygens (including phenoxy) is 1. The van der Waals surface area contributed by atoms with Gasteiger partial charge in [0.1, 0.15) is 5.69 Å². The van der Waals surface area contributed by atoms with Crippen molar-refractivity contribution in [1.29, 1.82) is 0 Å². The molecule has 8 heteroatoms. The van der Waals surface area contributed by atoms with Gasteiger partial charge in [0, 0.05) is 24.2 Å². The lowest BCUT2D eigenvalue weighted by molar-refractivity contribution is 0.0854. The summed E-state index contributed by atoms with van der Waals surface area (Å²) in [5.74, 6) is -0.195. The highest BCUT2D eigenvalue weighted by Gasteiger charge is 2.18. The minimum atomic E-state index is -0.195. The van der Waals surface area contributed by atoms with Crippen LogP contribution in [0.3, 0.4) is 0 Å². The molecule has 1 aliphatic heterocycles. The van der Waals surface area contributed by atoms with Gasteiger partial charge in [-0.3, -0.25) is 4.79 Å². The largest absolute Gasteiger partial charge is 0.376 e. The first-order valence-electron chi connectivity index (χ1n) is 7.19. The van der Waals surface area contributed by atoms with Crippen molar-refractivity contribution < 1.29 is 9.53 Å². The number of halogens is 2.